The zero-order valence-corrected chi connectivity index (χ0v) is 12.4. The Bertz CT molecular complexity index is 418. The summed E-state index contributed by atoms with van der Waals surface area (Å²) < 4.78 is 2.12. The number of aromatic nitrogens is 2. The molecular weight excluding hydrogens is 287 g/mol. The van der Waals surface area contributed by atoms with E-state index in [2.05, 4.69) is 14.9 Å². The predicted molar refractivity (Wildman–Crippen MR) is 77.8 cm³/mol. The number of rotatable bonds is 1. The van der Waals surface area contributed by atoms with Gasteiger partial charge in [-0.25, -0.2) is 4.98 Å². The van der Waals surface area contributed by atoms with E-state index in [4.69, 9.17) is 0 Å². The van der Waals surface area contributed by atoms with Gasteiger partial charge in [0.2, 0.25) is 5.91 Å². The lowest BCUT2D eigenvalue weighted by atomic mass is 10.0. The van der Waals surface area contributed by atoms with E-state index >= 15 is 0 Å². The molecule has 108 valence electrons. The number of hydrogen-bond donors (Lipinski definition) is 1. The summed E-state index contributed by atoms with van der Waals surface area (Å²) in [7, 11) is 0. The van der Waals surface area contributed by atoms with Crippen LogP contribution in [0.5, 0.6) is 0 Å². The second-order valence-corrected chi connectivity index (χ2v) is 4.80. The molecule has 1 atom stereocenters. The molecule has 0 unspecified atom stereocenters. The van der Waals surface area contributed by atoms with Crippen molar-refractivity contribution in [2.24, 2.45) is 0 Å². The minimum atomic E-state index is 0. The van der Waals surface area contributed by atoms with E-state index in [1.54, 1.807) is 0 Å². The zero-order chi connectivity index (χ0) is 11.7. The summed E-state index contributed by atoms with van der Waals surface area (Å²) in [6.45, 7) is 3.30. The fraction of sp³-hybridized carbons (Fsp3) is 0.667. The van der Waals surface area contributed by atoms with Crippen molar-refractivity contribution in [2.75, 3.05) is 13.1 Å². The highest BCUT2D eigenvalue weighted by Gasteiger charge is 2.28. The number of nitrogens with one attached hydrogen (secondary N) is 1. The van der Waals surface area contributed by atoms with Crippen LogP contribution in [0.1, 0.15) is 25.1 Å². The van der Waals surface area contributed by atoms with Gasteiger partial charge in [0, 0.05) is 25.5 Å². The number of hydrogen-bond acceptors (Lipinski definition) is 3. The molecule has 3 rings (SSSR count). The molecular formula is C12H20Cl2N4O. The third-order valence-electron chi connectivity index (χ3n) is 3.66. The van der Waals surface area contributed by atoms with Crippen molar-refractivity contribution in [1.29, 1.82) is 0 Å². The van der Waals surface area contributed by atoms with Crippen molar-refractivity contribution < 1.29 is 4.79 Å². The molecule has 1 aromatic rings. The lowest BCUT2D eigenvalue weighted by Crippen LogP contribution is -2.50. The molecule has 0 saturated carbocycles. The van der Waals surface area contributed by atoms with Gasteiger partial charge in [0.05, 0.1) is 12.6 Å². The van der Waals surface area contributed by atoms with Crippen LogP contribution >= 0.6 is 24.8 Å². The average Bonchev–Trinajstić information content (AvgIpc) is 2.86. The molecule has 7 heteroatoms. The summed E-state index contributed by atoms with van der Waals surface area (Å²) in [6, 6.07) is 0.0327. The molecule has 1 fully saturated rings. The molecule has 3 heterocycles. The number of piperidine rings is 1. The van der Waals surface area contributed by atoms with E-state index in [1.165, 1.54) is 6.42 Å². The molecule has 19 heavy (non-hydrogen) atoms. The Balaban J connectivity index is 0.000000902. The molecule has 0 aliphatic carbocycles. The maximum absolute atomic E-state index is 12.3. The van der Waals surface area contributed by atoms with Crippen LogP contribution in [-0.2, 0) is 17.9 Å². The third-order valence-corrected chi connectivity index (χ3v) is 3.66. The van der Waals surface area contributed by atoms with Gasteiger partial charge in [-0.05, 0) is 19.4 Å². The van der Waals surface area contributed by atoms with Crippen LogP contribution in [0, 0.1) is 0 Å². The lowest BCUT2D eigenvalue weighted by molar-refractivity contribution is -0.135. The minimum Gasteiger partial charge on any atom is -0.332 e. The molecule has 0 bridgehead atoms. The van der Waals surface area contributed by atoms with E-state index in [0.29, 0.717) is 6.54 Å². The quantitative estimate of drug-likeness (QED) is 0.848. The number of carbonyl (C=O) groups is 1. The normalized spacial score (nSPS) is 21.9. The first-order valence-corrected chi connectivity index (χ1v) is 6.37. The van der Waals surface area contributed by atoms with Gasteiger partial charge in [-0.15, -0.1) is 24.8 Å². The maximum Gasteiger partial charge on any atom is 0.240 e. The summed E-state index contributed by atoms with van der Waals surface area (Å²) in [5, 5.41) is 3.32. The highest BCUT2D eigenvalue weighted by Crippen LogP contribution is 2.15. The number of halogens is 2. The average molecular weight is 307 g/mol. The topological polar surface area (TPSA) is 50.2 Å². The van der Waals surface area contributed by atoms with Gasteiger partial charge >= 0.3 is 0 Å². The Morgan fingerprint density at radius 3 is 2.89 bits per heavy atom. The molecule has 5 nitrogen and oxygen atoms in total. The predicted octanol–water partition coefficient (Wildman–Crippen LogP) is 1.21. The second kappa shape index (κ2) is 7.12. The second-order valence-electron chi connectivity index (χ2n) is 4.80. The number of fused-ring (bicyclic) bond motifs is 1. The van der Waals surface area contributed by atoms with Crippen molar-refractivity contribution in [3.63, 3.8) is 0 Å². The summed E-state index contributed by atoms with van der Waals surface area (Å²) in [6.07, 6.45) is 7.11. The van der Waals surface area contributed by atoms with Crippen LogP contribution in [0.25, 0.3) is 0 Å². The summed E-state index contributed by atoms with van der Waals surface area (Å²) in [5.41, 5.74) is 0. The van der Waals surface area contributed by atoms with Crippen LogP contribution in [0.2, 0.25) is 0 Å². The summed E-state index contributed by atoms with van der Waals surface area (Å²) in [4.78, 5) is 18.5. The molecule has 2 aliphatic heterocycles. The smallest absolute Gasteiger partial charge is 0.240 e. The standard InChI is InChI=1S/C12H18N4O.2ClH/c17-12(10-3-1-2-4-13-10)16-8-7-15-6-5-14-11(15)9-16;;/h5-6,10,13H,1-4,7-9H2;2*1H/t10-;;/m0../s1. The van der Waals surface area contributed by atoms with Crippen molar-refractivity contribution in [1.82, 2.24) is 19.8 Å². The van der Waals surface area contributed by atoms with Crippen molar-refractivity contribution in [3.05, 3.63) is 18.2 Å². The Kier molecular flexibility index (Phi) is 6.10. The fourth-order valence-electron chi connectivity index (χ4n) is 2.64. The lowest BCUT2D eigenvalue weighted by Gasteiger charge is -2.32. The van der Waals surface area contributed by atoms with Gasteiger partial charge in [0.1, 0.15) is 5.82 Å². The highest BCUT2D eigenvalue weighted by atomic mass is 35.5. The van der Waals surface area contributed by atoms with Gasteiger partial charge in [-0.3, -0.25) is 4.79 Å². The first kappa shape index (κ1) is 16.3. The van der Waals surface area contributed by atoms with Crippen molar-refractivity contribution in [2.45, 2.75) is 38.4 Å². The van der Waals surface area contributed by atoms with E-state index in [-0.39, 0.29) is 36.8 Å². The van der Waals surface area contributed by atoms with Gasteiger partial charge in [-0.2, -0.15) is 0 Å². The largest absolute Gasteiger partial charge is 0.332 e. The van der Waals surface area contributed by atoms with Crippen LogP contribution in [0.15, 0.2) is 12.4 Å². The Labute approximate surface area is 125 Å². The summed E-state index contributed by atoms with van der Waals surface area (Å²) >= 11 is 0. The Morgan fingerprint density at radius 1 is 1.32 bits per heavy atom. The SMILES string of the molecule is Cl.Cl.O=C([C@@H]1CCCCN1)N1CCn2ccnc2C1. The first-order chi connectivity index (χ1) is 8.34. The van der Waals surface area contributed by atoms with Gasteiger partial charge in [0.25, 0.3) is 0 Å². The zero-order valence-electron chi connectivity index (χ0n) is 10.7. The van der Waals surface area contributed by atoms with Gasteiger partial charge < -0.3 is 14.8 Å². The van der Waals surface area contributed by atoms with E-state index in [9.17, 15) is 4.79 Å². The molecule has 1 saturated heterocycles. The number of imidazole rings is 1. The molecule has 1 amide bonds. The molecule has 1 aromatic heterocycles. The van der Waals surface area contributed by atoms with Crippen molar-refractivity contribution >= 4 is 30.7 Å². The molecule has 1 N–H and O–H groups in total. The fourth-order valence-corrected chi connectivity index (χ4v) is 2.64. The number of amides is 1. The summed E-state index contributed by atoms with van der Waals surface area (Å²) in [5.74, 6) is 1.25. The van der Waals surface area contributed by atoms with Gasteiger partial charge in [-0.1, -0.05) is 6.42 Å². The van der Waals surface area contributed by atoms with E-state index < -0.39 is 0 Å². The maximum atomic E-state index is 12.3. The van der Waals surface area contributed by atoms with Crippen LogP contribution in [0.3, 0.4) is 0 Å². The van der Waals surface area contributed by atoms with E-state index in [1.807, 2.05) is 17.3 Å². The van der Waals surface area contributed by atoms with Crippen LogP contribution < -0.4 is 5.32 Å². The molecule has 0 radical (unpaired) electrons. The number of carbonyl (C=O) groups excluding carboxylic acids is 1. The van der Waals surface area contributed by atoms with Gasteiger partial charge in [0.15, 0.2) is 0 Å². The Hall–Kier alpha value is -0.780. The third kappa shape index (κ3) is 3.41. The van der Waals surface area contributed by atoms with Crippen molar-refractivity contribution in [3.8, 4) is 0 Å². The van der Waals surface area contributed by atoms with Crippen LogP contribution in [0.4, 0.5) is 0 Å². The van der Waals surface area contributed by atoms with E-state index in [0.717, 1.165) is 38.3 Å². The Morgan fingerprint density at radius 2 is 2.16 bits per heavy atom. The highest BCUT2D eigenvalue weighted by molar-refractivity contribution is 5.85. The molecule has 2 aliphatic rings. The first-order valence-electron chi connectivity index (χ1n) is 6.37. The van der Waals surface area contributed by atoms with Crippen LogP contribution in [-0.4, -0.2) is 39.5 Å². The monoisotopic (exact) mass is 306 g/mol. The molecule has 0 aromatic carbocycles. The minimum absolute atomic E-state index is 0. The molecule has 0 spiro atoms. The number of nitrogens with zero attached hydrogens (tertiary/aromatic N) is 3.